The minimum atomic E-state index is -0.340. The summed E-state index contributed by atoms with van der Waals surface area (Å²) in [5, 5.41) is 10.9. The highest BCUT2D eigenvalue weighted by molar-refractivity contribution is 6.02. The van der Waals surface area contributed by atoms with Gasteiger partial charge in [0.15, 0.2) is 11.4 Å². The molecular weight excluding hydrogens is 440 g/mol. The second-order valence-corrected chi connectivity index (χ2v) is 7.91. The highest BCUT2D eigenvalue weighted by Gasteiger charge is 2.20. The summed E-state index contributed by atoms with van der Waals surface area (Å²) < 4.78 is 7.04. The van der Waals surface area contributed by atoms with Gasteiger partial charge in [0.25, 0.3) is 5.56 Å². The summed E-state index contributed by atoms with van der Waals surface area (Å²) in [6.45, 7) is 2.07. The van der Waals surface area contributed by atoms with Crippen molar-refractivity contribution in [2.24, 2.45) is 0 Å². The molecule has 0 bridgehead atoms. The van der Waals surface area contributed by atoms with Crippen LogP contribution in [0.2, 0.25) is 0 Å². The molecule has 0 atom stereocenters. The van der Waals surface area contributed by atoms with Crippen LogP contribution >= 0.6 is 0 Å². The van der Waals surface area contributed by atoms with Gasteiger partial charge < -0.3 is 9.30 Å². The van der Waals surface area contributed by atoms with Gasteiger partial charge in [-0.3, -0.25) is 9.59 Å². The van der Waals surface area contributed by atoms with E-state index in [4.69, 9.17) is 4.74 Å². The van der Waals surface area contributed by atoms with Crippen LogP contribution in [0.3, 0.4) is 0 Å². The van der Waals surface area contributed by atoms with Crippen LogP contribution in [0.5, 0.6) is 5.88 Å². The van der Waals surface area contributed by atoms with Crippen LogP contribution in [0.25, 0.3) is 33.1 Å². The molecule has 170 valence electrons. The number of benzene rings is 2. The number of nitrogens with zero attached hydrogens (tertiary/aromatic N) is 4. The second kappa shape index (κ2) is 9.20. The van der Waals surface area contributed by atoms with Crippen molar-refractivity contribution in [1.29, 1.82) is 5.26 Å². The Balaban J connectivity index is 1.74. The van der Waals surface area contributed by atoms with Gasteiger partial charge in [0.05, 0.1) is 24.1 Å². The molecule has 0 amide bonds. The molecule has 5 aromatic rings. The van der Waals surface area contributed by atoms with Gasteiger partial charge in [0.1, 0.15) is 11.6 Å². The lowest BCUT2D eigenvalue weighted by atomic mass is 9.97. The highest BCUT2D eigenvalue weighted by Crippen LogP contribution is 2.36. The van der Waals surface area contributed by atoms with Crippen LogP contribution in [-0.4, -0.2) is 26.9 Å². The Kier molecular flexibility index (Phi) is 5.78. The molecule has 7 heteroatoms. The van der Waals surface area contributed by atoms with Crippen molar-refractivity contribution in [2.75, 3.05) is 6.61 Å². The van der Waals surface area contributed by atoms with E-state index < -0.39 is 0 Å². The summed E-state index contributed by atoms with van der Waals surface area (Å²) in [4.78, 5) is 35.2. The lowest BCUT2D eigenvalue weighted by Gasteiger charge is -2.14. The van der Waals surface area contributed by atoms with E-state index in [9.17, 15) is 14.9 Å². The molecule has 0 radical (unpaired) electrons. The molecule has 7 nitrogen and oxygen atoms in total. The maximum absolute atomic E-state index is 13.4. The zero-order chi connectivity index (χ0) is 24.4. The predicted octanol–water partition coefficient (Wildman–Crippen LogP) is 4.76. The van der Waals surface area contributed by atoms with E-state index in [2.05, 4.69) is 16.0 Å². The number of aromatic nitrogens is 3. The van der Waals surface area contributed by atoms with E-state index >= 15 is 0 Å². The molecule has 0 N–H and O–H groups in total. The Hall–Kier alpha value is -4.83. The molecule has 0 aliphatic heterocycles. The van der Waals surface area contributed by atoms with Crippen LogP contribution in [0.15, 0.2) is 83.8 Å². The Morgan fingerprint density at radius 3 is 2.40 bits per heavy atom. The second-order valence-electron chi connectivity index (χ2n) is 7.91. The number of hydrogen-bond donors (Lipinski definition) is 0. The number of fused-ring (bicyclic) bond motifs is 2. The third-order valence-electron chi connectivity index (χ3n) is 5.74. The number of nitriles is 1. The first kappa shape index (κ1) is 22.0. The smallest absolute Gasteiger partial charge is 0.260 e. The quantitative estimate of drug-likeness (QED) is 0.268. The van der Waals surface area contributed by atoms with Crippen LogP contribution < -0.4 is 10.3 Å². The van der Waals surface area contributed by atoms with Crippen LogP contribution in [0.4, 0.5) is 0 Å². The van der Waals surface area contributed by atoms with E-state index in [0.717, 1.165) is 5.56 Å². The fourth-order valence-corrected chi connectivity index (χ4v) is 4.11. The number of ketones is 1. The number of carbonyl (C=O) groups excluding carboxylic acids is 1. The van der Waals surface area contributed by atoms with E-state index in [1.165, 1.54) is 4.57 Å². The van der Waals surface area contributed by atoms with E-state index in [1.807, 2.05) is 43.3 Å². The monoisotopic (exact) mass is 460 g/mol. The Morgan fingerprint density at radius 2 is 1.71 bits per heavy atom. The lowest BCUT2D eigenvalue weighted by Crippen LogP contribution is -2.24. The number of ether oxygens (including phenoxy) is 1. The Labute approximate surface area is 200 Å². The number of hydrogen-bond acceptors (Lipinski definition) is 6. The first-order valence-electron chi connectivity index (χ1n) is 11.1. The largest absolute Gasteiger partial charge is 0.477 e. The summed E-state index contributed by atoms with van der Waals surface area (Å²) in [6.07, 6.45) is 1.57. The van der Waals surface area contributed by atoms with Gasteiger partial charge in [-0.25, -0.2) is 4.98 Å². The number of carbonyl (C=O) groups is 1. The van der Waals surface area contributed by atoms with Crippen molar-refractivity contribution >= 4 is 27.7 Å². The Bertz CT molecular complexity index is 1670. The lowest BCUT2D eigenvalue weighted by molar-refractivity contribution is 0.0971. The van der Waals surface area contributed by atoms with Gasteiger partial charge in [-0.2, -0.15) is 10.2 Å². The van der Waals surface area contributed by atoms with Crippen molar-refractivity contribution in [3.8, 4) is 23.1 Å². The van der Waals surface area contributed by atoms with Crippen LogP contribution in [0.1, 0.15) is 22.8 Å². The molecule has 0 saturated heterocycles. The zero-order valence-electron chi connectivity index (χ0n) is 18.9. The molecule has 0 aliphatic rings. The third-order valence-corrected chi connectivity index (χ3v) is 5.74. The number of pyridine rings is 3. The van der Waals surface area contributed by atoms with Crippen LogP contribution in [-0.2, 0) is 6.54 Å². The average Bonchev–Trinajstić information content (AvgIpc) is 2.90. The van der Waals surface area contributed by atoms with E-state index in [0.29, 0.717) is 39.7 Å². The fraction of sp³-hybridized carbons (Fsp3) is 0.107. The van der Waals surface area contributed by atoms with Crippen molar-refractivity contribution in [3.63, 3.8) is 0 Å². The van der Waals surface area contributed by atoms with Crippen molar-refractivity contribution in [1.82, 2.24) is 14.5 Å². The maximum Gasteiger partial charge on any atom is 0.260 e. The molecule has 5 rings (SSSR count). The van der Waals surface area contributed by atoms with Gasteiger partial charge in [0.2, 0.25) is 5.88 Å². The zero-order valence-corrected chi connectivity index (χ0v) is 18.9. The summed E-state index contributed by atoms with van der Waals surface area (Å²) in [5.74, 6) is 0.0376. The molecular formula is C28H20N4O3. The van der Waals surface area contributed by atoms with Gasteiger partial charge in [-0.05, 0) is 24.6 Å². The summed E-state index contributed by atoms with van der Waals surface area (Å²) in [6, 6.07) is 23.9. The summed E-state index contributed by atoms with van der Waals surface area (Å²) in [5.41, 5.74) is 2.68. The molecule has 0 fully saturated rings. The van der Waals surface area contributed by atoms with Crippen LogP contribution in [0, 0.1) is 11.3 Å². The van der Waals surface area contributed by atoms with E-state index in [1.54, 1.807) is 42.6 Å². The first-order chi connectivity index (χ1) is 17.1. The third kappa shape index (κ3) is 4.02. The van der Waals surface area contributed by atoms with Gasteiger partial charge in [-0.1, -0.05) is 60.7 Å². The maximum atomic E-state index is 13.4. The molecule has 0 saturated carbocycles. The standard InChI is InChI=1S/C28H20N4O3/c1-2-35-27-22(16-29)25(19-11-7-4-8-12-19)21-15-20-23(30-26(21)31-27)13-14-32(28(20)34)17-24(33)18-9-5-3-6-10-18/h3-15H,2,17H2,1H3. The first-order valence-corrected chi connectivity index (χ1v) is 11.1. The fourth-order valence-electron chi connectivity index (χ4n) is 4.11. The van der Waals surface area contributed by atoms with Crippen molar-refractivity contribution in [3.05, 3.63) is 100 Å². The molecule has 0 aliphatic carbocycles. The normalized spacial score (nSPS) is 10.9. The van der Waals surface area contributed by atoms with E-state index in [-0.39, 0.29) is 29.3 Å². The topological polar surface area (TPSA) is 97.9 Å². The van der Waals surface area contributed by atoms with Crippen molar-refractivity contribution in [2.45, 2.75) is 13.5 Å². The predicted molar refractivity (Wildman–Crippen MR) is 133 cm³/mol. The Morgan fingerprint density at radius 1 is 1.00 bits per heavy atom. The molecule has 0 spiro atoms. The minimum absolute atomic E-state index is 0.0899. The molecule has 3 aromatic heterocycles. The number of Topliss-reactive ketones (excluding diaryl/α,β-unsaturated/α-hetero) is 1. The molecule has 2 aromatic carbocycles. The van der Waals surface area contributed by atoms with Gasteiger partial charge in [0, 0.05) is 22.7 Å². The van der Waals surface area contributed by atoms with Gasteiger partial charge in [-0.15, -0.1) is 0 Å². The minimum Gasteiger partial charge on any atom is -0.477 e. The molecule has 0 unspecified atom stereocenters. The average molecular weight is 460 g/mol. The van der Waals surface area contributed by atoms with Crippen molar-refractivity contribution < 1.29 is 9.53 Å². The molecule has 3 heterocycles. The summed E-state index contributed by atoms with van der Waals surface area (Å²) >= 11 is 0. The summed E-state index contributed by atoms with van der Waals surface area (Å²) in [7, 11) is 0. The number of rotatable bonds is 6. The van der Waals surface area contributed by atoms with Gasteiger partial charge >= 0.3 is 0 Å². The highest BCUT2D eigenvalue weighted by atomic mass is 16.5. The SMILES string of the molecule is CCOc1nc2nc3ccn(CC(=O)c4ccccc4)c(=O)c3cc2c(-c2ccccc2)c1C#N. The molecule has 35 heavy (non-hydrogen) atoms.